The van der Waals surface area contributed by atoms with Gasteiger partial charge >= 0.3 is 0 Å². The van der Waals surface area contributed by atoms with Crippen molar-refractivity contribution >= 4 is 40.3 Å². The predicted octanol–water partition coefficient (Wildman–Crippen LogP) is 8.44. The summed E-state index contributed by atoms with van der Waals surface area (Å²) >= 11 is 12.7. The summed E-state index contributed by atoms with van der Waals surface area (Å²) in [5.74, 6) is -4.45. The normalized spacial score (nSPS) is 12.6. The molecule has 0 radical (unpaired) electrons. The number of halogens is 6. The first-order valence-electron chi connectivity index (χ1n) is 17.6. The van der Waals surface area contributed by atoms with E-state index < -0.39 is 41.1 Å². The van der Waals surface area contributed by atoms with Gasteiger partial charge in [0, 0.05) is 41.2 Å². The molecule has 0 bridgehead atoms. The Bertz CT molecular complexity index is 2960. The van der Waals surface area contributed by atoms with E-state index in [1.165, 1.54) is 84.3 Å². The number of pyridine rings is 2. The Kier molecular flexibility index (Phi) is 10.5. The Morgan fingerprint density at radius 3 is 2.24 bits per heavy atom. The van der Waals surface area contributed by atoms with Crippen molar-refractivity contribution in [2.45, 2.75) is 25.4 Å². The number of carbonyl (C=O) groups is 1. The second-order valence-corrected chi connectivity index (χ2v) is 14.1. The van der Waals surface area contributed by atoms with Crippen LogP contribution in [0.5, 0.6) is 11.5 Å². The molecule has 18 heteroatoms. The van der Waals surface area contributed by atoms with Crippen LogP contribution in [-0.2, 0) is 6.42 Å². The smallest absolute Gasteiger partial charge is 0.214 e. The SMILES string of the molecule is COc1ccc(-c2cc(C(=O)c3cnc4c(Cl)nc([C@@H](C)Cc5cc(-c6cc(C(O)c7cnc8c(Cl)nccn78)c(F)cn6)cc(F)c5OC)cn34)c(F)cn2)cc1F. The van der Waals surface area contributed by atoms with Crippen molar-refractivity contribution in [3.05, 3.63) is 153 Å². The van der Waals surface area contributed by atoms with E-state index >= 15 is 13.2 Å². The number of carbonyl (C=O) groups excluding carboxylic acids is 1. The van der Waals surface area contributed by atoms with Gasteiger partial charge in [-0.2, -0.15) is 0 Å². The van der Waals surface area contributed by atoms with Crippen molar-refractivity contribution in [2.24, 2.45) is 0 Å². The maximum Gasteiger partial charge on any atom is 0.214 e. The van der Waals surface area contributed by atoms with Gasteiger partial charge in [-0.1, -0.05) is 30.1 Å². The summed E-state index contributed by atoms with van der Waals surface area (Å²) in [5.41, 5.74) is 1.62. The minimum atomic E-state index is -1.51. The molecule has 0 saturated heterocycles. The fourth-order valence-electron chi connectivity index (χ4n) is 6.81. The van der Waals surface area contributed by atoms with Crippen LogP contribution in [0.4, 0.5) is 17.6 Å². The second kappa shape index (κ2) is 15.7. The van der Waals surface area contributed by atoms with Crippen molar-refractivity contribution in [1.29, 1.82) is 0 Å². The topological polar surface area (TPSA) is 142 Å². The Morgan fingerprint density at radius 2 is 1.49 bits per heavy atom. The molecule has 0 spiro atoms. The van der Waals surface area contributed by atoms with E-state index in [0.29, 0.717) is 11.3 Å². The summed E-state index contributed by atoms with van der Waals surface area (Å²) in [6, 6.07) is 9.41. The largest absolute Gasteiger partial charge is 0.494 e. The van der Waals surface area contributed by atoms with Crippen LogP contribution in [0.15, 0.2) is 85.8 Å². The number of nitrogens with zero attached hydrogens (tertiary/aromatic N) is 8. The van der Waals surface area contributed by atoms with Gasteiger partial charge in [0.25, 0.3) is 0 Å². The van der Waals surface area contributed by atoms with E-state index in [2.05, 4.69) is 29.9 Å². The molecule has 0 aliphatic heterocycles. The van der Waals surface area contributed by atoms with Gasteiger partial charge in [-0.3, -0.25) is 23.6 Å². The minimum Gasteiger partial charge on any atom is -0.494 e. The third-order valence-electron chi connectivity index (χ3n) is 9.77. The highest BCUT2D eigenvalue weighted by Gasteiger charge is 2.25. The third kappa shape index (κ3) is 7.19. The zero-order valence-electron chi connectivity index (χ0n) is 31.0. The molecule has 6 aromatic heterocycles. The molecule has 0 amide bonds. The van der Waals surface area contributed by atoms with Gasteiger partial charge < -0.3 is 14.6 Å². The lowest BCUT2D eigenvalue weighted by Crippen LogP contribution is -2.11. The van der Waals surface area contributed by atoms with Gasteiger partial charge in [-0.05, 0) is 54.4 Å². The lowest BCUT2D eigenvalue weighted by Gasteiger charge is -2.17. The number of hydrogen-bond acceptors (Lipinski definition) is 10. The monoisotopic (exact) mass is 842 g/mol. The van der Waals surface area contributed by atoms with Crippen molar-refractivity contribution in [3.63, 3.8) is 0 Å². The molecule has 298 valence electrons. The maximum absolute atomic E-state index is 15.7. The molecule has 1 unspecified atom stereocenters. The lowest BCUT2D eigenvalue weighted by atomic mass is 9.94. The van der Waals surface area contributed by atoms with E-state index in [9.17, 15) is 14.3 Å². The minimum absolute atomic E-state index is 0.00512. The molecule has 2 aromatic carbocycles. The average Bonchev–Trinajstić information content (AvgIpc) is 3.87. The fourth-order valence-corrected chi connectivity index (χ4v) is 7.24. The number of imidazole rings is 2. The number of rotatable bonds is 11. The van der Waals surface area contributed by atoms with E-state index in [1.807, 2.05) is 0 Å². The first-order valence-corrected chi connectivity index (χ1v) is 18.4. The van der Waals surface area contributed by atoms with E-state index in [-0.39, 0.29) is 84.5 Å². The number of aliphatic hydroxyl groups is 1. The van der Waals surface area contributed by atoms with Crippen LogP contribution in [-0.4, -0.2) is 63.8 Å². The van der Waals surface area contributed by atoms with Gasteiger partial charge in [0.1, 0.15) is 17.6 Å². The summed E-state index contributed by atoms with van der Waals surface area (Å²) < 4.78 is 73.9. The maximum atomic E-state index is 15.7. The number of ketones is 1. The molecule has 0 aliphatic rings. The standard InChI is InChI=1S/C41H28Cl2F4N8O4/c1-19(31-18-55-33(17-52-41(55)39(43)53-31)36(57)23-12-29(49-14-27(23)46)20-4-5-34(58-2)25(44)10-20)8-22-9-21(11-26(45)37(22)59-3)30-13-24(28(47)15-50-30)35(56)32-16-51-40-38(42)48-6-7-54(32)40/h4-7,9-19,35,56H,8H2,1-3H3/t19-,35?/m0/s1. The van der Waals surface area contributed by atoms with Crippen LogP contribution < -0.4 is 9.47 Å². The molecule has 0 fully saturated rings. The molecule has 0 aliphatic carbocycles. The van der Waals surface area contributed by atoms with Crippen LogP contribution in [0.3, 0.4) is 0 Å². The second-order valence-electron chi connectivity index (χ2n) is 13.4. The Balaban J connectivity index is 1.11. The predicted molar refractivity (Wildman–Crippen MR) is 208 cm³/mol. The molecule has 1 N–H and O–H groups in total. The first-order chi connectivity index (χ1) is 28.4. The van der Waals surface area contributed by atoms with Crippen molar-refractivity contribution in [1.82, 2.24) is 38.7 Å². The van der Waals surface area contributed by atoms with Crippen LogP contribution in [0.25, 0.3) is 33.8 Å². The highest BCUT2D eigenvalue weighted by Crippen LogP contribution is 2.36. The van der Waals surface area contributed by atoms with Gasteiger partial charge in [-0.15, -0.1) is 0 Å². The quantitative estimate of drug-likeness (QED) is 0.0996. The van der Waals surface area contributed by atoms with Crippen LogP contribution >= 0.6 is 23.2 Å². The Morgan fingerprint density at radius 1 is 0.780 bits per heavy atom. The highest BCUT2D eigenvalue weighted by atomic mass is 35.5. The Labute approximate surface area is 341 Å². The zero-order chi connectivity index (χ0) is 41.7. The molecule has 2 atom stereocenters. The Hall–Kier alpha value is -6.49. The van der Waals surface area contributed by atoms with Crippen LogP contribution in [0, 0.1) is 23.3 Å². The van der Waals surface area contributed by atoms with Crippen molar-refractivity contribution in [2.75, 3.05) is 14.2 Å². The lowest BCUT2D eigenvalue weighted by molar-refractivity contribution is 0.102. The van der Waals surface area contributed by atoms with Crippen molar-refractivity contribution in [3.8, 4) is 34.0 Å². The number of aliphatic hydroxyl groups excluding tert-OH is 1. The van der Waals surface area contributed by atoms with E-state index in [4.69, 9.17) is 32.7 Å². The summed E-state index contributed by atoms with van der Waals surface area (Å²) in [5, 5.41) is 11.3. The van der Waals surface area contributed by atoms with E-state index in [1.54, 1.807) is 13.0 Å². The molecule has 12 nitrogen and oxygen atoms in total. The molecule has 59 heavy (non-hydrogen) atoms. The molecule has 8 rings (SSSR count). The summed E-state index contributed by atoms with van der Waals surface area (Å²) in [7, 11) is 2.63. The van der Waals surface area contributed by atoms with Crippen molar-refractivity contribution < 1.29 is 36.9 Å². The molecule has 6 heterocycles. The first kappa shape index (κ1) is 39.3. The average molecular weight is 844 g/mol. The molecule has 8 aromatic rings. The van der Waals surface area contributed by atoms with Crippen LogP contribution in [0.2, 0.25) is 10.3 Å². The third-order valence-corrected chi connectivity index (χ3v) is 10.3. The number of benzene rings is 2. The van der Waals surface area contributed by atoms with Gasteiger partial charge in [0.15, 0.2) is 50.6 Å². The zero-order valence-corrected chi connectivity index (χ0v) is 32.5. The number of aromatic nitrogens is 8. The number of hydrogen-bond donors (Lipinski definition) is 1. The molecular weight excluding hydrogens is 815 g/mol. The number of methoxy groups -OCH3 is 2. The fraction of sp³-hybridized carbons (Fsp3) is 0.146. The molecular formula is C41H28Cl2F4N8O4. The van der Waals surface area contributed by atoms with Gasteiger partial charge in [-0.25, -0.2) is 37.5 Å². The number of fused-ring (bicyclic) bond motifs is 2. The van der Waals surface area contributed by atoms with E-state index in [0.717, 1.165) is 18.5 Å². The van der Waals surface area contributed by atoms with Gasteiger partial charge in [0.05, 0.1) is 67.3 Å². The van der Waals surface area contributed by atoms with Crippen LogP contribution in [0.1, 0.15) is 57.5 Å². The molecule has 0 saturated carbocycles. The number of ether oxygens (including phenoxy) is 2. The summed E-state index contributed by atoms with van der Waals surface area (Å²) in [4.78, 5) is 39.0. The summed E-state index contributed by atoms with van der Waals surface area (Å²) in [6.07, 6.45) is 7.45. The van der Waals surface area contributed by atoms with Gasteiger partial charge in [0.2, 0.25) is 5.78 Å². The summed E-state index contributed by atoms with van der Waals surface area (Å²) in [6.45, 7) is 1.79. The highest BCUT2D eigenvalue weighted by molar-refractivity contribution is 6.32.